The van der Waals surface area contributed by atoms with E-state index < -0.39 is 10.0 Å². The third-order valence-electron chi connectivity index (χ3n) is 4.22. The number of carbonyl (C=O) groups is 1. The number of anilines is 1. The largest absolute Gasteiger partial charge is 0.369 e. The van der Waals surface area contributed by atoms with Crippen molar-refractivity contribution in [3.8, 4) is 0 Å². The Hall–Kier alpha value is -1.12. The van der Waals surface area contributed by atoms with Gasteiger partial charge in [-0.15, -0.1) is 0 Å². The molecule has 1 fully saturated rings. The van der Waals surface area contributed by atoms with Gasteiger partial charge in [-0.1, -0.05) is 28.1 Å². The van der Waals surface area contributed by atoms with E-state index >= 15 is 0 Å². The highest BCUT2D eigenvalue weighted by Gasteiger charge is 2.26. The number of nitrogens with zero attached hydrogens (tertiary/aromatic N) is 2. The molecule has 8 heteroatoms. The number of alkyl halides is 1. The van der Waals surface area contributed by atoms with Crippen LogP contribution in [0.2, 0.25) is 0 Å². The molecule has 6 nitrogen and oxygen atoms in total. The average Bonchev–Trinajstić information content (AvgIpc) is 2.60. The standard InChI is InChI=1S/C17H26BrN3O3S/c1-15-4-2-5-16(14-15)20-9-11-21(12-10-20)25(23,24)13-8-19-17(22)6-3-7-18/h2,4-5,14H,3,6-13H2,1H3,(H,19,22). The first-order valence-corrected chi connectivity index (χ1v) is 11.3. The highest BCUT2D eigenvalue weighted by atomic mass is 79.9. The summed E-state index contributed by atoms with van der Waals surface area (Å²) in [5.74, 6) is -0.142. The van der Waals surface area contributed by atoms with E-state index in [1.54, 1.807) is 0 Å². The molecule has 1 aliphatic rings. The number of benzene rings is 1. The lowest BCUT2D eigenvalue weighted by molar-refractivity contribution is -0.120. The SMILES string of the molecule is Cc1cccc(N2CCN(S(=O)(=O)CCNC(=O)CCCBr)CC2)c1. The molecule has 2 rings (SSSR count). The van der Waals surface area contributed by atoms with E-state index in [4.69, 9.17) is 0 Å². The number of aryl methyl sites for hydroxylation is 1. The molecule has 25 heavy (non-hydrogen) atoms. The number of halogens is 1. The summed E-state index contributed by atoms with van der Waals surface area (Å²) < 4.78 is 26.4. The molecule has 0 spiro atoms. The van der Waals surface area contributed by atoms with Gasteiger partial charge in [0.25, 0.3) is 0 Å². The Morgan fingerprint density at radius 1 is 1.24 bits per heavy atom. The summed E-state index contributed by atoms with van der Waals surface area (Å²) in [6, 6.07) is 8.24. The van der Waals surface area contributed by atoms with Gasteiger partial charge in [0.05, 0.1) is 5.75 Å². The van der Waals surface area contributed by atoms with E-state index in [0.717, 1.165) is 17.4 Å². The molecule has 0 aromatic heterocycles. The van der Waals surface area contributed by atoms with Gasteiger partial charge in [-0.3, -0.25) is 4.79 Å². The lowest BCUT2D eigenvalue weighted by Gasteiger charge is -2.35. The Morgan fingerprint density at radius 2 is 1.96 bits per heavy atom. The van der Waals surface area contributed by atoms with Gasteiger partial charge in [0.2, 0.25) is 15.9 Å². The van der Waals surface area contributed by atoms with Crippen LogP contribution in [0.25, 0.3) is 0 Å². The smallest absolute Gasteiger partial charge is 0.220 e. The Labute approximate surface area is 158 Å². The number of nitrogens with one attached hydrogen (secondary N) is 1. The van der Waals surface area contributed by atoms with E-state index in [-0.39, 0.29) is 18.2 Å². The van der Waals surface area contributed by atoms with Crippen molar-refractivity contribution in [1.82, 2.24) is 9.62 Å². The van der Waals surface area contributed by atoms with Crippen molar-refractivity contribution in [3.05, 3.63) is 29.8 Å². The van der Waals surface area contributed by atoms with E-state index in [0.29, 0.717) is 32.6 Å². The van der Waals surface area contributed by atoms with E-state index in [1.807, 2.05) is 6.07 Å². The molecule has 0 bridgehead atoms. The second-order valence-corrected chi connectivity index (χ2v) is 9.07. The quantitative estimate of drug-likeness (QED) is 0.636. The average molecular weight is 432 g/mol. The molecule has 1 aliphatic heterocycles. The summed E-state index contributed by atoms with van der Waals surface area (Å²) in [7, 11) is -3.33. The summed E-state index contributed by atoms with van der Waals surface area (Å²) in [5, 5.41) is 3.45. The summed E-state index contributed by atoms with van der Waals surface area (Å²) in [6.45, 7) is 4.54. The van der Waals surface area contributed by atoms with Gasteiger partial charge in [0.1, 0.15) is 0 Å². The van der Waals surface area contributed by atoms with Crippen molar-refractivity contribution < 1.29 is 13.2 Å². The van der Waals surface area contributed by atoms with Crippen molar-refractivity contribution in [1.29, 1.82) is 0 Å². The Morgan fingerprint density at radius 3 is 2.60 bits per heavy atom. The fourth-order valence-corrected chi connectivity index (χ4v) is 4.43. The van der Waals surface area contributed by atoms with Crippen LogP contribution in [0.4, 0.5) is 5.69 Å². The number of amides is 1. The van der Waals surface area contributed by atoms with Crippen molar-refractivity contribution in [3.63, 3.8) is 0 Å². The number of sulfonamides is 1. The second kappa shape index (κ2) is 9.54. The summed E-state index contributed by atoms with van der Waals surface area (Å²) >= 11 is 3.27. The van der Waals surface area contributed by atoms with Gasteiger partial charge in [-0.05, 0) is 31.0 Å². The van der Waals surface area contributed by atoms with Crippen LogP contribution in [0.15, 0.2) is 24.3 Å². The Bertz CT molecular complexity index is 673. The first-order chi connectivity index (χ1) is 11.9. The highest BCUT2D eigenvalue weighted by Crippen LogP contribution is 2.18. The molecule has 0 aliphatic carbocycles. The molecule has 1 heterocycles. The van der Waals surface area contributed by atoms with Crippen LogP contribution in [-0.2, 0) is 14.8 Å². The zero-order valence-corrected chi connectivity index (χ0v) is 17.0. The van der Waals surface area contributed by atoms with Gasteiger partial charge in [-0.25, -0.2) is 8.42 Å². The zero-order chi connectivity index (χ0) is 18.3. The molecular weight excluding hydrogens is 406 g/mol. The maximum Gasteiger partial charge on any atom is 0.220 e. The van der Waals surface area contributed by atoms with Crippen molar-refractivity contribution in [2.75, 3.05) is 48.7 Å². The third kappa shape index (κ3) is 6.27. The molecule has 140 valence electrons. The first kappa shape index (κ1) is 20.2. The third-order valence-corrected chi connectivity index (χ3v) is 6.65. The van der Waals surface area contributed by atoms with Crippen LogP contribution >= 0.6 is 15.9 Å². The monoisotopic (exact) mass is 431 g/mol. The molecule has 1 aromatic carbocycles. The van der Waals surface area contributed by atoms with Crippen molar-refractivity contribution in [2.45, 2.75) is 19.8 Å². The summed E-state index contributed by atoms with van der Waals surface area (Å²) in [6.07, 6.45) is 1.17. The fraction of sp³-hybridized carbons (Fsp3) is 0.588. The number of piperazine rings is 1. The molecule has 0 radical (unpaired) electrons. The van der Waals surface area contributed by atoms with E-state index in [9.17, 15) is 13.2 Å². The van der Waals surface area contributed by atoms with Gasteiger partial charge in [-0.2, -0.15) is 4.31 Å². The predicted molar refractivity (Wildman–Crippen MR) is 105 cm³/mol. The Kier molecular flexibility index (Phi) is 7.71. The first-order valence-electron chi connectivity index (χ1n) is 8.54. The van der Waals surface area contributed by atoms with Crippen LogP contribution in [0.5, 0.6) is 0 Å². The van der Waals surface area contributed by atoms with Crippen LogP contribution in [-0.4, -0.2) is 62.4 Å². The predicted octanol–water partition coefficient (Wildman–Crippen LogP) is 1.74. The molecule has 1 saturated heterocycles. The van der Waals surface area contributed by atoms with Gasteiger partial charge >= 0.3 is 0 Å². The normalized spacial score (nSPS) is 16.0. The topological polar surface area (TPSA) is 69.7 Å². The number of hydrogen-bond donors (Lipinski definition) is 1. The minimum absolute atomic E-state index is 0.0441. The van der Waals surface area contributed by atoms with E-state index in [2.05, 4.69) is 51.3 Å². The van der Waals surface area contributed by atoms with Gasteiger partial charge in [0, 0.05) is 50.2 Å². The van der Waals surface area contributed by atoms with Gasteiger partial charge < -0.3 is 10.2 Å². The molecule has 1 N–H and O–H groups in total. The van der Waals surface area contributed by atoms with Crippen molar-refractivity contribution in [2.24, 2.45) is 0 Å². The van der Waals surface area contributed by atoms with Crippen LogP contribution in [0, 0.1) is 6.92 Å². The van der Waals surface area contributed by atoms with E-state index in [1.165, 1.54) is 9.87 Å². The zero-order valence-electron chi connectivity index (χ0n) is 14.6. The van der Waals surface area contributed by atoms with Crippen LogP contribution in [0.3, 0.4) is 0 Å². The Balaban J connectivity index is 1.79. The van der Waals surface area contributed by atoms with Crippen LogP contribution < -0.4 is 10.2 Å². The van der Waals surface area contributed by atoms with Crippen molar-refractivity contribution >= 4 is 37.5 Å². The number of rotatable bonds is 8. The lowest BCUT2D eigenvalue weighted by atomic mass is 10.2. The number of hydrogen-bond acceptors (Lipinski definition) is 4. The molecule has 0 unspecified atom stereocenters. The van der Waals surface area contributed by atoms with Crippen LogP contribution in [0.1, 0.15) is 18.4 Å². The number of carbonyl (C=O) groups excluding carboxylic acids is 1. The molecule has 0 saturated carbocycles. The molecule has 1 amide bonds. The minimum atomic E-state index is -3.33. The minimum Gasteiger partial charge on any atom is -0.369 e. The highest BCUT2D eigenvalue weighted by molar-refractivity contribution is 9.09. The molecular formula is C17H26BrN3O3S. The lowest BCUT2D eigenvalue weighted by Crippen LogP contribution is -2.50. The second-order valence-electron chi connectivity index (χ2n) is 6.18. The van der Waals surface area contributed by atoms with Gasteiger partial charge in [0.15, 0.2) is 0 Å². The maximum atomic E-state index is 12.4. The fourth-order valence-electron chi connectivity index (χ4n) is 2.81. The summed E-state index contributed by atoms with van der Waals surface area (Å²) in [5.41, 5.74) is 2.33. The molecule has 1 aromatic rings. The maximum absolute atomic E-state index is 12.4. The summed E-state index contributed by atoms with van der Waals surface area (Å²) in [4.78, 5) is 13.8. The molecule has 0 atom stereocenters.